The molecule has 0 saturated carbocycles. The molecule has 0 bridgehead atoms. The molecule has 0 aliphatic heterocycles. The molecule has 0 aromatic heterocycles. The third-order valence-electron chi connectivity index (χ3n) is 4.21. The number of hydrogen-bond acceptors (Lipinski definition) is 2. The standard InChI is InChI=1S/C18H18ClNOS/c1-12-6-2-3-7-13(12)18(21)20-16-10-11-17(22-19)15-9-5-4-8-14(15)16/h2-3,6-7,10-11H,4-5,8-9H2,1H3,(H,20,21). The van der Waals surface area contributed by atoms with Crippen molar-refractivity contribution >= 4 is 33.3 Å². The van der Waals surface area contributed by atoms with E-state index in [-0.39, 0.29) is 5.91 Å². The Morgan fingerprint density at radius 2 is 1.82 bits per heavy atom. The van der Waals surface area contributed by atoms with Crippen LogP contribution in [0.5, 0.6) is 0 Å². The highest BCUT2D eigenvalue weighted by atomic mass is 35.7. The molecule has 114 valence electrons. The van der Waals surface area contributed by atoms with E-state index < -0.39 is 0 Å². The molecule has 22 heavy (non-hydrogen) atoms. The van der Waals surface area contributed by atoms with Crippen LogP contribution in [0.4, 0.5) is 5.69 Å². The van der Waals surface area contributed by atoms with Crippen LogP contribution >= 0.6 is 21.7 Å². The van der Waals surface area contributed by atoms with Crippen molar-refractivity contribution in [1.82, 2.24) is 0 Å². The molecule has 0 saturated heterocycles. The van der Waals surface area contributed by atoms with Crippen LogP contribution in [-0.4, -0.2) is 5.91 Å². The van der Waals surface area contributed by atoms with Gasteiger partial charge in [0.15, 0.2) is 0 Å². The third-order valence-corrected chi connectivity index (χ3v) is 5.26. The van der Waals surface area contributed by atoms with Crippen LogP contribution < -0.4 is 5.32 Å². The molecule has 0 unspecified atom stereocenters. The fourth-order valence-corrected chi connectivity index (χ4v) is 3.91. The first kappa shape index (κ1) is 15.4. The van der Waals surface area contributed by atoms with E-state index in [1.807, 2.05) is 43.3 Å². The largest absolute Gasteiger partial charge is 0.322 e. The second-order valence-electron chi connectivity index (χ2n) is 5.62. The van der Waals surface area contributed by atoms with Gasteiger partial charge in [0.25, 0.3) is 5.91 Å². The molecule has 1 amide bonds. The smallest absolute Gasteiger partial charge is 0.255 e. The first-order chi connectivity index (χ1) is 10.7. The van der Waals surface area contributed by atoms with Crippen molar-refractivity contribution in [3.63, 3.8) is 0 Å². The number of amides is 1. The van der Waals surface area contributed by atoms with Crippen LogP contribution in [0, 0.1) is 6.92 Å². The Morgan fingerprint density at radius 1 is 1.09 bits per heavy atom. The molecule has 0 atom stereocenters. The number of hydrogen-bond donors (Lipinski definition) is 1. The van der Waals surface area contributed by atoms with E-state index >= 15 is 0 Å². The van der Waals surface area contributed by atoms with E-state index in [4.69, 9.17) is 10.7 Å². The van der Waals surface area contributed by atoms with Gasteiger partial charge in [-0.1, -0.05) is 18.2 Å². The average molecular weight is 332 g/mol. The Hall–Kier alpha value is -1.45. The van der Waals surface area contributed by atoms with Gasteiger partial charge in [-0.15, -0.1) is 0 Å². The summed E-state index contributed by atoms with van der Waals surface area (Å²) in [4.78, 5) is 13.6. The first-order valence-corrected chi connectivity index (χ1v) is 9.15. The number of carbonyl (C=O) groups is 1. The summed E-state index contributed by atoms with van der Waals surface area (Å²) >= 11 is 0. The number of rotatable bonds is 3. The lowest BCUT2D eigenvalue weighted by Gasteiger charge is -2.22. The molecule has 1 N–H and O–H groups in total. The van der Waals surface area contributed by atoms with Gasteiger partial charge in [-0.25, -0.2) is 0 Å². The maximum atomic E-state index is 12.5. The quantitative estimate of drug-likeness (QED) is 0.819. The van der Waals surface area contributed by atoms with Crippen molar-refractivity contribution in [1.29, 1.82) is 0 Å². The monoisotopic (exact) mass is 331 g/mol. The molecule has 0 heterocycles. The minimum absolute atomic E-state index is 0.0443. The Labute approximate surface area is 139 Å². The topological polar surface area (TPSA) is 29.1 Å². The summed E-state index contributed by atoms with van der Waals surface area (Å²) in [5, 5.41) is 3.09. The molecular formula is C18H18ClNOS. The Kier molecular flexibility index (Phi) is 4.74. The van der Waals surface area contributed by atoms with E-state index in [0.717, 1.165) is 41.0 Å². The molecule has 4 heteroatoms. The number of halogens is 1. The van der Waals surface area contributed by atoms with Gasteiger partial charge in [0, 0.05) is 16.1 Å². The highest BCUT2D eigenvalue weighted by Gasteiger charge is 2.19. The van der Waals surface area contributed by atoms with Crippen LogP contribution in [0.3, 0.4) is 0 Å². The van der Waals surface area contributed by atoms with E-state index in [2.05, 4.69) is 5.32 Å². The van der Waals surface area contributed by atoms with Gasteiger partial charge in [0.2, 0.25) is 0 Å². The molecule has 3 rings (SSSR count). The molecule has 2 nitrogen and oxygen atoms in total. The Bertz CT molecular complexity index is 714. The lowest BCUT2D eigenvalue weighted by molar-refractivity contribution is 0.102. The van der Waals surface area contributed by atoms with Gasteiger partial charge in [-0.2, -0.15) is 0 Å². The Balaban J connectivity index is 1.93. The summed E-state index contributed by atoms with van der Waals surface area (Å²) in [5.74, 6) is -0.0443. The maximum Gasteiger partial charge on any atom is 0.255 e. The highest BCUT2D eigenvalue weighted by Crippen LogP contribution is 2.37. The second-order valence-corrected chi connectivity index (χ2v) is 6.68. The van der Waals surface area contributed by atoms with Crippen molar-refractivity contribution in [3.05, 3.63) is 58.7 Å². The summed E-state index contributed by atoms with van der Waals surface area (Å²) in [5.41, 5.74) is 5.19. The van der Waals surface area contributed by atoms with Gasteiger partial charge in [0.1, 0.15) is 0 Å². The predicted molar refractivity (Wildman–Crippen MR) is 93.9 cm³/mol. The summed E-state index contributed by atoms with van der Waals surface area (Å²) in [6.45, 7) is 1.96. The molecule has 0 spiro atoms. The summed E-state index contributed by atoms with van der Waals surface area (Å²) in [7, 11) is 7.24. The zero-order valence-corrected chi connectivity index (χ0v) is 14.1. The van der Waals surface area contributed by atoms with Gasteiger partial charge in [-0.05, 0) is 89.2 Å². The van der Waals surface area contributed by atoms with Crippen molar-refractivity contribution in [2.75, 3.05) is 5.32 Å². The number of fused-ring (bicyclic) bond motifs is 1. The fraction of sp³-hybridized carbons (Fsp3) is 0.278. The van der Waals surface area contributed by atoms with Crippen LogP contribution in [0.15, 0.2) is 41.3 Å². The second kappa shape index (κ2) is 6.76. The number of aryl methyl sites for hydroxylation is 1. The number of carbonyl (C=O) groups excluding carboxylic acids is 1. The SMILES string of the molecule is Cc1ccccc1C(=O)Nc1ccc(SCl)c2c1CCCC2. The van der Waals surface area contributed by atoms with E-state index in [1.54, 1.807) is 0 Å². The molecule has 0 fully saturated rings. The molecule has 1 aliphatic rings. The van der Waals surface area contributed by atoms with Crippen molar-refractivity contribution in [3.8, 4) is 0 Å². The summed E-state index contributed by atoms with van der Waals surface area (Å²) in [6.07, 6.45) is 4.39. The van der Waals surface area contributed by atoms with Gasteiger partial charge < -0.3 is 5.32 Å². The molecule has 2 aromatic carbocycles. The highest BCUT2D eigenvalue weighted by molar-refractivity contribution is 8.21. The number of benzene rings is 2. The molecule has 0 radical (unpaired) electrons. The van der Waals surface area contributed by atoms with E-state index in [0.29, 0.717) is 0 Å². The zero-order valence-electron chi connectivity index (χ0n) is 12.5. The normalized spacial score (nSPS) is 13.5. The molecular weight excluding hydrogens is 314 g/mol. The number of anilines is 1. The van der Waals surface area contributed by atoms with Crippen LogP contribution in [-0.2, 0) is 12.8 Å². The maximum absolute atomic E-state index is 12.5. The molecule has 2 aromatic rings. The first-order valence-electron chi connectivity index (χ1n) is 7.51. The molecule has 1 aliphatic carbocycles. The minimum atomic E-state index is -0.0443. The van der Waals surface area contributed by atoms with Crippen LogP contribution in [0.25, 0.3) is 0 Å². The lowest BCUT2D eigenvalue weighted by atomic mass is 9.90. The Morgan fingerprint density at radius 3 is 2.55 bits per heavy atom. The van der Waals surface area contributed by atoms with Crippen LogP contribution in [0.1, 0.15) is 39.9 Å². The van der Waals surface area contributed by atoms with E-state index in [9.17, 15) is 4.79 Å². The van der Waals surface area contributed by atoms with E-state index in [1.165, 1.54) is 28.5 Å². The van der Waals surface area contributed by atoms with Crippen molar-refractivity contribution in [2.45, 2.75) is 37.5 Å². The van der Waals surface area contributed by atoms with Crippen molar-refractivity contribution in [2.24, 2.45) is 0 Å². The van der Waals surface area contributed by atoms with Gasteiger partial charge in [-0.3, -0.25) is 4.79 Å². The third kappa shape index (κ3) is 3.01. The zero-order chi connectivity index (χ0) is 15.5. The summed E-state index contributed by atoms with van der Waals surface area (Å²) < 4.78 is 0. The van der Waals surface area contributed by atoms with Crippen molar-refractivity contribution < 1.29 is 4.79 Å². The van der Waals surface area contributed by atoms with Crippen LogP contribution in [0.2, 0.25) is 0 Å². The van der Waals surface area contributed by atoms with Gasteiger partial charge >= 0.3 is 0 Å². The average Bonchev–Trinajstić information content (AvgIpc) is 2.55. The summed E-state index contributed by atoms with van der Waals surface area (Å²) in [6, 6.07) is 11.6. The predicted octanol–water partition coefficient (Wildman–Crippen LogP) is 5.37. The number of nitrogens with one attached hydrogen (secondary N) is 1. The lowest BCUT2D eigenvalue weighted by Crippen LogP contribution is -2.16. The fourth-order valence-electron chi connectivity index (χ4n) is 3.04. The van der Waals surface area contributed by atoms with Gasteiger partial charge in [0.05, 0.1) is 0 Å². The minimum Gasteiger partial charge on any atom is -0.322 e.